The fourth-order valence-corrected chi connectivity index (χ4v) is 2.85. The Kier molecular flexibility index (Phi) is 3.71. The monoisotopic (exact) mass is 397 g/mol. The minimum atomic E-state index is -0.225. The number of carbonyl (C=O) groups is 1. The Morgan fingerprint density at radius 2 is 2.20 bits per heavy atom. The standard InChI is InChI=1S/C13H9Br2N3O2/c14-10-6-16-12(11(15)17-10)18-13(19)8-1-2-9-7(5-8)3-4-20-9/h1-2,5-6H,3-4H2,(H,16,18,19). The van der Waals surface area contributed by atoms with Gasteiger partial charge in [-0.05, 0) is 55.6 Å². The zero-order valence-electron chi connectivity index (χ0n) is 10.2. The lowest BCUT2D eigenvalue weighted by Crippen LogP contribution is -2.14. The summed E-state index contributed by atoms with van der Waals surface area (Å²) in [4.78, 5) is 20.4. The van der Waals surface area contributed by atoms with Crippen LogP contribution in [0.3, 0.4) is 0 Å². The molecule has 0 atom stereocenters. The van der Waals surface area contributed by atoms with Crippen molar-refractivity contribution < 1.29 is 9.53 Å². The summed E-state index contributed by atoms with van der Waals surface area (Å²) < 4.78 is 6.49. The minimum absolute atomic E-state index is 0.225. The van der Waals surface area contributed by atoms with E-state index < -0.39 is 0 Å². The van der Waals surface area contributed by atoms with E-state index >= 15 is 0 Å². The van der Waals surface area contributed by atoms with Crippen molar-refractivity contribution in [2.75, 3.05) is 11.9 Å². The van der Waals surface area contributed by atoms with Gasteiger partial charge in [0.2, 0.25) is 0 Å². The van der Waals surface area contributed by atoms with Crippen LogP contribution in [0.5, 0.6) is 5.75 Å². The van der Waals surface area contributed by atoms with E-state index in [0.29, 0.717) is 27.2 Å². The van der Waals surface area contributed by atoms with Gasteiger partial charge in [0.25, 0.3) is 5.91 Å². The van der Waals surface area contributed by atoms with Gasteiger partial charge in [0.05, 0.1) is 12.8 Å². The van der Waals surface area contributed by atoms with Gasteiger partial charge in [0, 0.05) is 12.0 Å². The van der Waals surface area contributed by atoms with Crippen LogP contribution in [-0.4, -0.2) is 22.5 Å². The summed E-state index contributed by atoms with van der Waals surface area (Å²) in [6.45, 7) is 0.671. The normalized spacial score (nSPS) is 12.7. The van der Waals surface area contributed by atoms with Crippen molar-refractivity contribution in [2.45, 2.75) is 6.42 Å². The van der Waals surface area contributed by atoms with E-state index in [1.54, 1.807) is 6.07 Å². The molecule has 20 heavy (non-hydrogen) atoms. The van der Waals surface area contributed by atoms with Gasteiger partial charge in [-0.1, -0.05) is 0 Å². The molecule has 2 heterocycles. The minimum Gasteiger partial charge on any atom is -0.493 e. The van der Waals surface area contributed by atoms with Crippen LogP contribution in [0.25, 0.3) is 0 Å². The first kappa shape index (κ1) is 13.5. The fourth-order valence-electron chi connectivity index (χ4n) is 1.94. The molecule has 1 aromatic heterocycles. The molecule has 1 aromatic carbocycles. The fraction of sp³-hybridized carbons (Fsp3) is 0.154. The zero-order valence-corrected chi connectivity index (χ0v) is 13.4. The van der Waals surface area contributed by atoms with E-state index in [0.717, 1.165) is 17.7 Å². The highest BCUT2D eigenvalue weighted by Gasteiger charge is 2.16. The maximum absolute atomic E-state index is 12.2. The van der Waals surface area contributed by atoms with Crippen LogP contribution in [0.4, 0.5) is 5.82 Å². The smallest absolute Gasteiger partial charge is 0.256 e. The SMILES string of the molecule is O=C(Nc1ncc(Br)nc1Br)c1ccc2c(c1)CCO2. The molecule has 0 saturated carbocycles. The Morgan fingerprint density at radius 1 is 1.35 bits per heavy atom. The Labute approximate surface area is 132 Å². The third kappa shape index (κ3) is 2.69. The van der Waals surface area contributed by atoms with E-state index in [1.807, 2.05) is 12.1 Å². The van der Waals surface area contributed by atoms with Crippen LogP contribution in [0.1, 0.15) is 15.9 Å². The van der Waals surface area contributed by atoms with E-state index in [-0.39, 0.29) is 5.91 Å². The highest BCUT2D eigenvalue weighted by atomic mass is 79.9. The molecule has 3 rings (SSSR count). The molecule has 1 aliphatic rings. The quantitative estimate of drug-likeness (QED) is 0.843. The molecule has 2 aromatic rings. The van der Waals surface area contributed by atoms with Gasteiger partial charge in [-0.2, -0.15) is 0 Å². The number of halogens is 2. The number of ether oxygens (including phenoxy) is 1. The highest BCUT2D eigenvalue weighted by molar-refractivity contribution is 9.11. The predicted molar refractivity (Wildman–Crippen MR) is 81.0 cm³/mol. The van der Waals surface area contributed by atoms with E-state index in [4.69, 9.17) is 4.74 Å². The van der Waals surface area contributed by atoms with Crippen molar-refractivity contribution in [1.82, 2.24) is 9.97 Å². The molecule has 0 radical (unpaired) electrons. The number of rotatable bonds is 2. The average Bonchev–Trinajstić information content (AvgIpc) is 2.89. The summed E-state index contributed by atoms with van der Waals surface area (Å²) in [6.07, 6.45) is 2.36. The van der Waals surface area contributed by atoms with Gasteiger partial charge in [-0.3, -0.25) is 4.79 Å². The summed E-state index contributed by atoms with van der Waals surface area (Å²) in [5, 5.41) is 2.72. The van der Waals surface area contributed by atoms with Gasteiger partial charge in [0.1, 0.15) is 15.0 Å². The Balaban J connectivity index is 1.82. The summed E-state index contributed by atoms with van der Waals surface area (Å²) in [5.74, 6) is 1.01. The Morgan fingerprint density at radius 3 is 3.00 bits per heavy atom. The molecular formula is C13H9Br2N3O2. The first-order valence-electron chi connectivity index (χ1n) is 5.88. The molecule has 1 aliphatic heterocycles. The number of nitrogens with zero attached hydrogens (tertiary/aromatic N) is 2. The molecule has 7 heteroatoms. The molecule has 0 bridgehead atoms. The molecule has 0 unspecified atom stereocenters. The number of fused-ring (bicyclic) bond motifs is 1. The zero-order chi connectivity index (χ0) is 14.1. The molecule has 0 fully saturated rings. The number of hydrogen-bond acceptors (Lipinski definition) is 4. The van der Waals surface area contributed by atoms with Crippen LogP contribution in [0, 0.1) is 0 Å². The predicted octanol–water partition coefficient (Wildman–Crippen LogP) is 3.19. The van der Waals surface area contributed by atoms with Crippen molar-refractivity contribution in [3.8, 4) is 5.75 Å². The van der Waals surface area contributed by atoms with Crippen LogP contribution in [-0.2, 0) is 6.42 Å². The lowest BCUT2D eigenvalue weighted by molar-refractivity contribution is 0.102. The van der Waals surface area contributed by atoms with E-state index in [9.17, 15) is 4.79 Å². The maximum atomic E-state index is 12.2. The summed E-state index contributed by atoms with van der Waals surface area (Å²) >= 11 is 6.47. The number of nitrogens with one attached hydrogen (secondary N) is 1. The Hall–Kier alpha value is -1.47. The summed E-state index contributed by atoms with van der Waals surface area (Å²) in [5.41, 5.74) is 1.63. The topological polar surface area (TPSA) is 64.1 Å². The van der Waals surface area contributed by atoms with E-state index in [2.05, 4.69) is 47.1 Å². The molecule has 0 saturated heterocycles. The number of anilines is 1. The van der Waals surface area contributed by atoms with Gasteiger partial charge in [0.15, 0.2) is 5.82 Å². The summed E-state index contributed by atoms with van der Waals surface area (Å²) in [6, 6.07) is 5.40. The second kappa shape index (κ2) is 5.49. The third-order valence-corrected chi connectivity index (χ3v) is 3.82. The second-order valence-electron chi connectivity index (χ2n) is 4.21. The number of carbonyl (C=O) groups excluding carboxylic acids is 1. The molecule has 0 aliphatic carbocycles. The van der Waals surface area contributed by atoms with Gasteiger partial charge in [-0.15, -0.1) is 0 Å². The first-order valence-corrected chi connectivity index (χ1v) is 7.47. The lowest BCUT2D eigenvalue weighted by atomic mass is 10.1. The second-order valence-corrected chi connectivity index (χ2v) is 5.77. The van der Waals surface area contributed by atoms with Crippen LogP contribution < -0.4 is 10.1 Å². The molecule has 5 nitrogen and oxygen atoms in total. The number of hydrogen-bond donors (Lipinski definition) is 1. The number of benzene rings is 1. The maximum Gasteiger partial charge on any atom is 0.256 e. The van der Waals surface area contributed by atoms with Crippen molar-refractivity contribution in [1.29, 1.82) is 0 Å². The van der Waals surface area contributed by atoms with Gasteiger partial charge < -0.3 is 10.1 Å². The summed E-state index contributed by atoms with van der Waals surface area (Å²) in [7, 11) is 0. The number of amides is 1. The van der Waals surface area contributed by atoms with Crippen molar-refractivity contribution in [3.05, 3.63) is 44.7 Å². The van der Waals surface area contributed by atoms with Crippen molar-refractivity contribution >= 4 is 43.6 Å². The molecular weight excluding hydrogens is 390 g/mol. The molecule has 102 valence electrons. The third-order valence-electron chi connectivity index (χ3n) is 2.88. The van der Waals surface area contributed by atoms with Gasteiger partial charge >= 0.3 is 0 Å². The first-order chi connectivity index (χ1) is 9.63. The van der Waals surface area contributed by atoms with E-state index in [1.165, 1.54) is 6.20 Å². The van der Waals surface area contributed by atoms with Crippen molar-refractivity contribution in [2.24, 2.45) is 0 Å². The van der Waals surface area contributed by atoms with Crippen LogP contribution in [0.15, 0.2) is 33.6 Å². The Bertz CT molecular complexity index is 691. The van der Waals surface area contributed by atoms with Crippen LogP contribution >= 0.6 is 31.9 Å². The largest absolute Gasteiger partial charge is 0.493 e. The molecule has 0 spiro atoms. The van der Waals surface area contributed by atoms with Crippen LogP contribution in [0.2, 0.25) is 0 Å². The van der Waals surface area contributed by atoms with Gasteiger partial charge in [-0.25, -0.2) is 9.97 Å². The average molecular weight is 399 g/mol. The molecule has 1 amide bonds. The molecule has 1 N–H and O–H groups in total. The number of aromatic nitrogens is 2. The van der Waals surface area contributed by atoms with Crippen molar-refractivity contribution in [3.63, 3.8) is 0 Å². The lowest BCUT2D eigenvalue weighted by Gasteiger charge is -2.07. The highest BCUT2D eigenvalue weighted by Crippen LogP contribution is 2.26.